The van der Waals surface area contributed by atoms with E-state index in [2.05, 4.69) is 18.7 Å². The van der Waals surface area contributed by atoms with Crippen molar-refractivity contribution in [1.82, 2.24) is 4.90 Å². The van der Waals surface area contributed by atoms with E-state index in [1.807, 2.05) is 6.07 Å². The average molecular weight is 266 g/mol. The zero-order valence-electron chi connectivity index (χ0n) is 11.7. The second-order valence-electron chi connectivity index (χ2n) is 5.47. The normalized spacial score (nSPS) is 24.1. The molecule has 3 atom stereocenters. The third-order valence-electron chi connectivity index (χ3n) is 3.75. The molecule has 3 unspecified atom stereocenters. The molecule has 0 aromatic heterocycles. The first kappa shape index (κ1) is 14.4. The van der Waals surface area contributed by atoms with E-state index < -0.39 is 0 Å². The van der Waals surface area contributed by atoms with Crippen molar-refractivity contribution < 1.29 is 9.13 Å². The minimum atomic E-state index is -0.264. The summed E-state index contributed by atoms with van der Waals surface area (Å²) in [4.78, 5) is 2.35. The van der Waals surface area contributed by atoms with Crippen molar-refractivity contribution in [3.63, 3.8) is 0 Å². The van der Waals surface area contributed by atoms with Crippen LogP contribution in [-0.4, -0.2) is 37.2 Å². The largest absolute Gasteiger partial charge is 0.376 e. The molecule has 1 aliphatic rings. The van der Waals surface area contributed by atoms with Crippen molar-refractivity contribution in [2.75, 3.05) is 26.2 Å². The number of nitrogens with zero attached hydrogens (tertiary/aromatic N) is 1. The number of nitrogens with two attached hydrogens (primary N) is 1. The third-order valence-corrected chi connectivity index (χ3v) is 3.75. The summed E-state index contributed by atoms with van der Waals surface area (Å²) in [7, 11) is 0. The maximum atomic E-state index is 13.7. The van der Waals surface area contributed by atoms with Gasteiger partial charge in [0.1, 0.15) is 5.82 Å². The Morgan fingerprint density at radius 1 is 1.47 bits per heavy atom. The SMILES string of the molecule is CC1CN(CC(C)C(N)c2ccccc2F)CCO1. The van der Waals surface area contributed by atoms with Gasteiger partial charge < -0.3 is 10.5 Å². The number of halogens is 1. The minimum Gasteiger partial charge on any atom is -0.376 e. The lowest BCUT2D eigenvalue weighted by atomic mass is 9.94. The maximum absolute atomic E-state index is 13.7. The molecule has 2 N–H and O–H groups in total. The van der Waals surface area contributed by atoms with Crippen LogP contribution in [-0.2, 0) is 4.74 Å². The van der Waals surface area contributed by atoms with Gasteiger partial charge in [-0.25, -0.2) is 4.39 Å². The summed E-state index contributed by atoms with van der Waals surface area (Å²) in [6.45, 7) is 7.66. The molecule has 0 aliphatic carbocycles. The minimum absolute atomic E-state index is 0.210. The van der Waals surface area contributed by atoms with Crippen LogP contribution in [0.2, 0.25) is 0 Å². The number of benzene rings is 1. The molecule has 1 aliphatic heterocycles. The molecule has 0 bridgehead atoms. The molecule has 1 aromatic rings. The van der Waals surface area contributed by atoms with E-state index in [1.54, 1.807) is 12.1 Å². The number of rotatable bonds is 4. The summed E-state index contributed by atoms with van der Waals surface area (Å²) in [6.07, 6.45) is 0.269. The van der Waals surface area contributed by atoms with E-state index in [0.29, 0.717) is 5.56 Å². The van der Waals surface area contributed by atoms with Crippen LogP contribution in [0, 0.1) is 11.7 Å². The molecule has 0 radical (unpaired) electrons. The van der Waals surface area contributed by atoms with Crippen LogP contribution >= 0.6 is 0 Å². The van der Waals surface area contributed by atoms with Gasteiger partial charge in [0.2, 0.25) is 0 Å². The van der Waals surface area contributed by atoms with Crippen molar-refractivity contribution in [3.8, 4) is 0 Å². The quantitative estimate of drug-likeness (QED) is 0.908. The molecule has 0 saturated carbocycles. The van der Waals surface area contributed by atoms with Crippen LogP contribution < -0.4 is 5.73 Å². The van der Waals surface area contributed by atoms with Crippen molar-refractivity contribution in [3.05, 3.63) is 35.6 Å². The molecule has 0 spiro atoms. The van der Waals surface area contributed by atoms with Crippen LogP contribution in [0.4, 0.5) is 4.39 Å². The lowest BCUT2D eigenvalue weighted by Gasteiger charge is -2.34. The lowest BCUT2D eigenvalue weighted by Crippen LogP contribution is -2.44. The zero-order chi connectivity index (χ0) is 13.8. The second kappa shape index (κ2) is 6.46. The summed E-state index contributed by atoms with van der Waals surface area (Å²) < 4.78 is 19.2. The first-order valence-electron chi connectivity index (χ1n) is 6.92. The third kappa shape index (κ3) is 3.75. The van der Waals surface area contributed by atoms with Gasteiger partial charge in [-0.3, -0.25) is 4.90 Å². The predicted octanol–water partition coefficient (Wildman–Crippen LogP) is 2.18. The fourth-order valence-electron chi connectivity index (χ4n) is 2.63. The smallest absolute Gasteiger partial charge is 0.127 e. The molecule has 4 heteroatoms. The van der Waals surface area contributed by atoms with Gasteiger partial charge >= 0.3 is 0 Å². The molecule has 2 rings (SSSR count). The van der Waals surface area contributed by atoms with Gasteiger partial charge in [0.05, 0.1) is 12.7 Å². The molecule has 1 heterocycles. The van der Waals surface area contributed by atoms with E-state index in [9.17, 15) is 4.39 Å². The first-order chi connectivity index (χ1) is 9.08. The van der Waals surface area contributed by atoms with Gasteiger partial charge in [0, 0.05) is 31.2 Å². The van der Waals surface area contributed by atoms with Gasteiger partial charge in [-0.1, -0.05) is 25.1 Å². The monoisotopic (exact) mass is 266 g/mol. The summed E-state index contributed by atoms with van der Waals surface area (Å²) in [5, 5.41) is 0. The van der Waals surface area contributed by atoms with E-state index in [0.717, 1.165) is 26.2 Å². The van der Waals surface area contributed by atoms with Gasteiger partial charge in [0.25, 0.3) is 0 Å². The Morgan fingerprint density at radius 2 is 2.21 bits per heavy atom. The van der Waals surface area contributed by atoms with Crippen molar-refractivity contribution in [2.24, 2.45) is 11.7 Å². The van der Waals surface area contributed by atoms with E-state index in [-0.39, 0.29) is 23.9 Å². The number of hydrogen-bond acceptors (Lipinski definition) is 3. The topological polar surface area (TPSA) is 38.5 Å². The Morgan fingerprint density at radius 3 is 2.89 bits per heavy atom. The molecule has 19 heavy (non-hydrogen) atoms. The highest BCUT2D eigenvalue weighted by atomic mass is 19.1. The fraction of sp³-hybridized carbons (Fsp3) is 0.600. The Labute approximate surface area is 114 Å². The number of morpholine rings is 1. The summed E-state index contributed by atoms with van der Waals surface area (Å²) in [5.41, 5.74) is 6.80. The summed E-state index contributed by atoms with van der Waals surface area (Å²) >= 11 is 0. The average Bonchev–Trinajstić information content (AvgIpc) is 2.38. The Bertz CT molecular complexity index is 413. The number of ether oxygens (including phenoxy) is 1. The lowest BCUT2D eigenvalue weighted by molar-refractivity contribution is -0.0234. The van der Waals surface area contributed by atoms with Gasteiger partial charge in [-0.2, -0.15) is 0 Å². The highest BCUT2D eigenvalue weighted by Crippen LogP contribution is 2.23. The molecule has 0 amide bonds. The van der Waals surface area contributed by atoms with Gasteiger partial charge in [-0.15, -0.1) is 0 Å². The van der Waals surface area contributed by atoms with Crippen LogP contribution in [0.15, 0.2) is 24.3 Å². The number of hydrogen-bond donors (Lipinski definition) is 1. The van der Waals surface area contributed by atoms with E-state index in [4.69, 9.17) is 10.5 Å². The molecule has 3 nitrogen and oxygen atoms in total. The van der Waals surface area contributed by atoms with Crippen LogP contribution in [0.3, 0.4) is 0 Å². The Hall–Kier alpha value is -0.970. The standard InChI is InChI=1S/C15H23FN2O/c1-11(9-18-7-8-19-12(2)10-18)15(17)13-5-3-4-6-14(13)16/h3-6,11-12,15H,7-10,17H2,1-2H3. The van der Waals surface area contributed by atoms with Crippen molar-refractivity contribution in [2.45, 2.75) is 26.0 Å². The zero-order valence-corrected chi connectivity index (χ0v) is 11.7. The molecule has 1 aromatic carbocycles. The first-order valence-corrected chi connectivity index (χ1v) is 6.92. The van der Waals surface area contributed by atoms with E-state index in [1.165, 1.54) is 6.07 Å². The summed E-state index contributed by atoms with van der Waals surface area (Å²) in [5.74, 6) is -0.000560. The van der Waals surface area contributed by atoms with Crippen LogP contribution in [0.5, 0.6) is 0 Å². The van der Waals surface area contributed by atoms with Gasteiger partial charge in [-0.05, 0) is 18.9 Å². The molecular weight excluding hydrogens is 243 g/mol. The molecule has 1 fully saturated rings. The van der Waals surface area contributed by atoms with Crippen molar-refractivity contribution >= 4 is 0 Å². The fourth-order valence-corrected chi connectivity index (χ4v) is 2.63. The molecular formula is C15H23FN2O. The second-order valence-corrected chi connectivity index (χ2v) is 5.47. The van der Waals surface area contributed by atoms with Crippen LogP contribution in [0.25, 0.3) is 0 Å². The van der Waals surface area contributed by atoms with Crippen molar-refractivity contribution in [1.29, 1.82) is 0 Å². The molecule has 106 valence electrons. The van der Waals surface area contributed by atoms with Crippen LogP contribution in [0.1, 0.15) is 25.5 Å². The van der Waals surface area contributed by atoms with Gasteiger partial charge in [0.15, 0.2) is 0 Å². The highest BCUT2D eigenvalue weighted by molar-refractivity contribution is 5.21. The predicted molar refractivity (Wildman–Crippen MR) is 74.3 cm³/mol. The maximum Gasteiger partial charge on any atom is 0.127 e. The van der Waals surface area contributed by atoms with E-state index >= 15 is 0 Å². The Kier molecular flexibility index (Phi) is 4.91. The molecule has 1 saturated heterocycles. The Balaban J connectivity index is 1.95. The summed E-state index contributed by atoms with van der Waals surface area (Å²) in [6, 6.07) is 6.51. The highest BCUT2D eigenvalue weighted by Gasteiger charge is 2.23.